The maximum atomic E-state index is 12.6. The Morgan fingerprint density at radius 1 is 1.15 bits per heavy atom. The highest BCUT2D eigenvalue weighted by atomic mass is 32.2. The van der Waals surface area contributed by atoms with Gasteiger partial charge in [-0.15, -0.1) is 0 Å². The molecule has 0 bridgehead atoms. The van der Waals surface area contributed by atoms with Crippen molar-refractivity contribution >= 4 is 28.8 Å². The van der Waals surface area contributed by atoms with E-state index in [1.54, 1.807) is 24.9 Å². The van der Waals surface area contributed by atoms with Gasteiger partial charge in [-0.1, -0.05) is 43.3 Å². The van der Waals surface area contributed by atoms with Gasteiger partial charge in [0.25, 0.3) is 0 Å². The molecule has 5 nitrogen and oxygen atoms in total. The Morgan fingerprint density at radius 2 is 1.91 bits per heavy atom. The number of allylic oxidation sites excluding steroid dienone is 3. The zero-order chi connectivity index (χ0) is 24.5. The van der Waals surface area contributed by atoms with E-state index in [1.165, 1.54) is 11.1 Å². The van der Waals surface area contributed by atoms with Gasteiger partial charge in [-0.05, 0) is 81.0 Å². The maximum absolute atomic E-state index is 12.6. The summed E-state index contributed by atoms with van der Waals surface area (Å²) in [6.07, 6.45) is 6.29. The Labute approximate surface area is 206 Å². The summed E-state index contributed by atoms with van der Waals surface area (Å²) in [6.45, 7) is 8.35. The van der Waals surface area contributed by atoms with Crippen molar-refractivity contribution in [2.24, 2.45) is 0 Å². The van der Waals surface area contributed by atoms with Crippen LogP contribution in [0.25, 0.3) is 11.0 Å². The van der Waals surface area contributed by atoms with Gasteiger partial charge in [-0.2, -0.15) is 0 Å². The van der Waals surface area contributed by atoms with E-state index in [0.29, 0.717) is 11.3 Å². The first-order valence-electron chi connectivity index (χ1n) is 11.8. The Kier molecular flexibility index (Phi) is 9.40. The number of fused-ring (bicyclic) bond motifs is 1. The van der Waals surface area contributed by atoms with E-state index in [2.05, 4.69) is 36.8 Å². The van der Waals surface area contributed by atoms with Crippen molar-refractivity contribution in [3.63, 3.8) is 0 Å². The van der Waals surface area contributed by atoms with Crippen LogP contribution in [0.2, 0.25) is 0 Å². The minimum Gasteiger partial charge on any atom is -0.497 e. The molecule has 0 unspecified atom stereocenters. The number of esters is 1. The summed E-state index contributed by atoms with van der Waals surface area (Å²) in [5, 5.41) is 0.843. The number of methoxy groups -OCH3 is 1. The number of thioether (sulfide) groups is 1. The minimum absolute atomic E-state index is 0.358. The summed E-state index contributed by atoms with van der Waals surface area (Å²) in [6, 6.07) is 13.1. The number of ether oxygens (including phenoxy) is 2. The molecule has 0 fully saturated rings. The second kappa shape index (κ2) is 12.5. The van der Waals surface area contributed by atoms with Crippen LogP contribution in [0, 0.1) is 0 Å². The van der Waals surface area contributed by atoms with Gasteiger partial charge >= 0.3 is 5.97 Å². The number of carbonyl (C=O) groups excluding carboxylic acids is 1. The summed E-state index contributed by atoms with van der Waals surface area (Å²) < 4.78 is 11.2. The SMILES string of the molecule is C/C=C(C)\C(OC)=C(\C)CCSc1nc2ccc(OC(=O)c3ccc(CCCC)cc3)cc2[nH]1. The third kappa shape index (κ3) is 6.76. The molecular weight excluding hydrogens is 444 g/mol. The Balaban J connectivity index is 1.61. The van der Waals surface area contributed by atoms with E-state index < -0.39 is 0 Å². The molecule has 1 heterocycles. The molecule has 0 saturated heterocycles. The number of hydrogen-bond acceptors (Lipinski definition) is 5. The number of rotatable bonds is 11. The first-order valence-corrected chi connectivity index (χ1v) is 12.7. The van der Waals surface area contributed by atoms with Gasteiger partial charge in [0.2, 0.25) is 0 Å². The average molecular weight is 479 g/mol. The van der Waals surface area contributed by atoms with E-state index in [0.717, 1.165) is 59.0 Å². The van der Waals surface area contributed by atoms with E-state index >= 15 is 0 Å². The van der Waals surface area contributed by atoms with Crippen LogP contribution in [0.4, 0.5) is 0 Å². The fourth-order valence-corrected chi connectivity index (χ4v) is 4.62. The van der Waals surface area contributed by atoms with E-state index in [9.17, 15) is 4.79 Å². The normalized spacial score (nSPS) is 12.6. The van der Waals surface area contributed by atoms with Crippen LogP contribution < -0.4 is 4.74 Å². The van der Waals surface area contributed by atoms with Crippen molar-refractivity contribution in [3.8, 4) is 5.75 Å². The monoisotopic (exact) mass is 478 g/mol. The van der Waals surface area contributed by atoms with Crippen molar-refractivity contribution < 1.29 is 14.3 Å². The predicted molar refractivity (Wildman–Crippen MR) is 141 cm³/mol. The number of benzene rings is 2. The molecule has 0 amide bonds. The van der Waals surface area contributed by atoms with Gasteiger partial charge in [0.15, 0.2) is 5.16 Å². The Hall–Kier alpha value is -2.99. The lowest BCUT2D eigenvalue weighted by atomic mass is 10.1. The standard InChI is InChI=1S/C28H34N2O3S/c1-6-8-9-21-10-12-22(13-11-21)27(31)33-23-14-15-24-25(18-23)30-28(29-24)34-17-16-20(4)26(32-5)19(3)7-2/h7,10-15,18H,6,8-9,16-17H2,1-5H3,(H,29,30)/b19-7-,26-20+. The third-order valence-electron chi connectivity index (χ3n) is 5.75. The molecule has 3 aromatic rings. The van der Waals surface area contributed by atoms with E-state index in [4.69, 9.17) is 9.47 Å². The minimum atomic E-state index is -0.358. The molecule has 0 atom stereocenters. The Bertz CT molecular complexity index is 1180. The van der Waals surface area contributed by atoms with Crippen molar-refractivity contribution in [2.45, 2.75) is 58.5 Å². The quantitative estimate of drug-likeness (QED) is 0.102. The van der Waals surface area contributed by atoms with Crippen LogP contribution in [0.15, 0.2) is 70.6 Å². The zero-order valence-electron chi connectivity index (χ0n) is 20.7. The highest BCUT2D eigenvalue weighted by Crippen LogP contribution is 2.26. The van der Waals surface area contributed by atoms with Gasteiger partial charge < -0.3 is 14.5 Å². The molecule has 0 aliphatic heterocycles. The molecule has 34 heavy (non-hydrogen) atoms. The topological polar surface area (TPSA) is 64.2 Å². The number of aryl methyl sites for hydroxylation is 1. The van der Waals surface area contributed by atoms with Crippen LogP contribution in [0.5, 0.6) is 5.75 Å². The molecule has 0 aliphatic carbocycles. The smallest absolute Gasteiger partial charge is 0.343 e. The van der Waals surface area contributed by atoms with Crippen molar-refractivity contribution in [2.75, 3.05) is 12.9 Å². The third-order valence-corrected chi connectivity index (χ3v) is 6.62. The van der Waals surface area contributed by atoms with Gasteiger partial charge in [-0.3, -0.25) is 0 Å². The number of H-pyrrole nitrogens is 1. The lowest BCUT2D eigenvalue weighted by Crippen LogP contribution is -2.08. The molecule has 0 saturated carbocycles. The number of imidazole rings is 1. The maximum Gasteiger partial charge on any atom is 0.343 e. The molecule has 3 rings (SSSR count). The van der Waals surface area contributed by atoms with Crippen LogP contribution >= 0.6 is 11.8 Å². The molecule has 0 aliphatic rings. The molecule has 1 aromatic heterocycles. The fraction of sp³-hybridized carbons (Fsp3) is 0.357. The van der Waals surface area contributed by atoms with Crippen LogP contribution in [-0.2, 0) is 11.2 Å². The summed E-state index contributed by atoms with van der Waals surface area (Å²) in [5.41, 5.74) is 5.84. The number of aromatic nitrogens is 2. The van der Waals surface area contributed by atoms with E-state index in [-0.39, 0.29) is 5.97 Å². The Morgan fingerprint density at radius 3 is 2.59 bits per heavy atom. The predicted octanol–water partition coefficient (Wildman–Crippen LogP) is 7.49. The average Bonchev–Trinajstić information content (AvgIpc) is 3.25. The molecule has 180 valence electrons. The number of hydrogen-bond donors (Lipinski definition) is 1. The van der Waals surface area contributed by atoms with Crippen molar-refractivity contribution in [3.05, 3.63) is 76.6 Å². The molecule has 0 radical (unpaired) electrons. The van der Waals surface area contributed by atoms with Gasteiger partial charge in [0.05, 0.1) is 23.7 Å². The number of aromatic amines is 1. The van der Waals surface area contributed by atoms with Crippen molar-refractivity contribution in [1.29, 1.82) is 0 Å². The number of carbonyl (C=O) groups is 1. The zero-order valence-corrected chi connectivity index (χ0v) is 21.6. The summed E-state index contributed by atoms with van der Waals surface area (Å²) >= 11 is 1.66. The highest BCUT2D eigenvalue weighted by Gasteiger charge is 2.11. The van der Waals surface area contributed by atoms with Crippen LogP contribution in [0.3, 0.4) is 0 Å². The van der Waals surface area contributed by atoms with Crippen LogP contribution in [-0.4, -0.2) is 28.8 Å². The summed E-state index contributed by atoms with van der Waals surface area (Å²) in [5.74, 6) is 1.97. The second-order valence-corrected chi connectivity index (χ2v) is 9.38. The molecule has 6 heteroatoms. The van der Waals surface area contributed by atoms with Gasteiger partial charge in [0.1, 0.15) is 11.5 Å². The second-order valence-electron chi connectivity index (χ2n) is 8.29. The number of nitrogens with zero attached hydrogens (tertiary/aromatic N) is 1. The first-order chi connectivity index (χ1) is 16.4. The molecule has 1 N–H and O–H groups in total. The lowest BCUT2D eigenvalue weighted by Gasteiger charge is -2.11. The molecule has 0 spiro atoms. The molecular formula is C28H34N2O3S. The van der Waals surface area contributed by atoms with Crippen LogP contribution in [0.1, 0.15) is 62.9 Å². The molecule has 2 aromatic carbocycles. The van der Waals surface area contributed by atoms with Gasteiger partial charge in [-0.25, -0.2) is 9.78 Å². The summed E-state index contributed by atoms with van der Waals surface area (Å²) in [4.78, 5) is 20.5. The fourth-order valence-electron chi connectivity index (χ4n) is 3.67. The van der Waals surface area contributed by atoms with Gasteiger partial charge in [0, 0.05) is 11.8 Å². The summed E-state index contributed by atoms with van der Waals surface area (Å²) in [7, 11) is 1.71. The lowest BCUT2D eigenvalue weighted by molar-refractivity contribution is 0.0735. The van der Waals surface area contributed by atoms with E-state index in [1.807, 2.05) is 43.3 Å². The number of nitrogens with one attached hydrogen (secondary N) is 1. The van der Waals surface area contributed by atoms with Crippen molar-refractivity contribution in [1.82, 2.24) is 9.97 Å². The largest absolute Gasteiger partial charge is 0.497 e. The number of unbranched alkanes of at least 4 members (excludes halogenated alkanes) is 1. The highest BCUT2D eigenvalue weighted by molar-refractivity contribution is 7.99. The first kappa shape index (κ1) is 25.6.